The molecule has 0 radical (unpaired) electrons. The Balaban J connectivity index is 1.77. The maximum Gasteiger partial charge on any atom is 0.252 e. The average Bonchev–Trinajstić information content (AvgIpc) is 2.56. The van der Waals surface area contributed by atoms with Gasteiger partial charge in [0.25, 0.3) is 5.91 Å². The summed E-state index contributed by atoms with van der Waals surface area (Å²) in [6.45, 7) is 7.03. The number of amides is 1. The van der Waals surface area contributed by atoms with E-state index in [0.29, 0.717) is 13.2 Å². The van der Waals surface area contributed by atoms with E-state index < -0.39 is 0 Å². The van der Waals surface area contributed by atoms with Crippen molar-refractivity contribution in [2.24, 2.45) is 0 Å². The van der Waals surface area contributed by atoms with Crippen LogP contribution in [0.1, 0.15) is 40.0 Å². The summed E-state index contributed by atoms with van der Waals surface area (Å²) in [5.74, 6) is 1.43. The number of hydrogen-bond acceptors (Lipinski definition) is 3. The minimum Gasteiger partial charge on any atom is -0.486 e. The lowest BCUT2D eigenvalue weighted by atomic mass is 10.0. The first-order chi connectivity index (χ1) is 11.0. The molecule has 23 heavy (non-hydrogen) atoms. The second-order valence-corrected chi connectivity index (χ2v) is 5.92. The molecule has 2 aromatic rings. The third-order valence-electron chi connectivity index (χ3n) is 4.05. The smallest absolute Gasteiger partial charge is 0.252 e. The summed E-state index contributed by atoms with van der Waals surface area (Å²) in [5.41, 5.74) is 3.76. The Morgan fingerprint density at radius 1 is 1.04 bits per heavy atom. The number of ether oxygens (including phenoxy) is 2. The summed E-state index contributed by atoms with van der Waals surface area (Å²) in [6, 6.07) is 11.6. The fourth-order valence-electron chi connectivity index (χ4n) is 2.67. The SMILES string of the molecule is Cc1ccc(C)c(C(=O)NC(C)c2ccc3c(c2)OCCO3)c1. The van der Waals surface area contributed by atoms with Gasteiger partial charge in [0.1, 0.15) is 13.2 Å². The molecule has 1 N–H and O–H groups in total. The number of hydrogen-bond donors (Lipinski definition) is 1. The molecular formula is C19H21NO3. The van der Waals surface area contributed by atoms with Crippen LogP contribution < -0.4 is 14.8 Å². The van der Waals surface area contributed by atoms with E-state index in [0.717, 1.165) is 33.8 Å². The molecule has 1 amide bonds. The molecule has 0 spiro atoms. The Morgan fingerprint density at radius 2 is 1.78 bits per heavy atom. The third kappa shape index (κ3) is 3.31. The zero-order chi connectivity index (χ0) is 16.4. The monoisotopic (exact) mass is 311 g/mol. The predicted molar refractivity (Wildman–Crippen MR) is 89.2 cm³/mol. The Kier molecular flexibility index (Phi) is 4.24. The Morgan fingerprint density at radius 3 is 2.57 bits per heavy atom. The van der Waals surface area contributed by atoms with Crippen molar-refractivity contribution >= 4 is 5.91 Å². The largest absolute Gasteiger partial charge is 0.486 e. The van der Waals surface area contributed by atoms with Crippen molar-refractivity contribution in [2.45, 2.75) is 26.8 Å². The zero-order valence-electron chi connectivity index (χ0n) is 13.7. The van der Waals surface area contributed by atoms with Gasteiger partial charge in [-0.25, -0.2) is 0 Å². The first kappa shape index (κ1) is 15.4. The van der Waals surface area contributed by atoms with E-state index in [-0.39, 0.29) is 11.9 Å². The molecule has 1 atom stereocenters. The van der Waals surface area contributed by atoms with E-state index in [1.807, 2.05) is 57.2 Å². The van der Waals surface area contributed by atoms with E-state index in [1.54, 1.807) is 0 Å². The molecule has 0 saturated heterocycles. The number of fused-ring (bicyclic) bond motifs is 1. The lowest BCUT2D eigenvalue weighted by Gasteiger charge is -2.21. The van der Waals surface area contributed by atoms with Crippen molar-refractivity contribution in [1.82, 2.24) is 5.32 Å². The molecule has 1 aliphatic rings. The van der Waals surface area contributed by atoms with Gasteiger partial charge >= 0.3 is 0 Å². The van der Waals surface area contributed by atoms with Crippen LogP contribution in [0.3, 0.4) is 0 Å². The third-order valence-corrected chi connectivity index (χ3v) is 4.05. The molecule has 0 aliphatic carbocycles. The molecule has 0 bridgehead atoms. The standard InChI is InChI=1S/C19H21NO3/c1-12-4-5-13(2)16(10-12)19(21)20-14(3)15-6-7-17-18(11-15)23-9-8-22-17/h4-7,10-11,14H,8-9H2,1-3H3,(H,20,21). The van der Waals surface area contributed by atoms with Gasteiger partial charge in [0.15, 0.2) is 11.5 Å². The number of nitrogens with one attached hydrogen (secondary N) is 1. The van der Waals surface area contributed by atoms with Gasteiger partial charge in [-0.1, -0.05) is 23.8 Å². The molecule has 2 aromatic carbocycles. The van der Waals surface area contributed by atoms with Crippen LogP contribution in [0.25, 0.3) is 0 Å². The van der Waals surface area contributed by atoms with Gasteiger partial charge in [0, 0.05) is 5.56 Å². The van der Waals surface area contributed by atoms with E-state index in [4.69, 9.17) is 9.47 Å². The molecule has 1 heterocycles. The minimum atomic E-state index is -0.113. The van der Waals surface area contributed by atoms with Gasteiger partial charge in [-0.05, 0) is 50.1 Å². The highest BCUT2D eigenvalue weighted by molar-refractivity contribution is 5.96. The quantitative estimate of drug-likeness (QED) is 0.942. The van der Waals surface area contributed by atoms with Crippen LogP contribution in [0.15, 0.2) is 36.4 Å². The van der Waals surface area contributed by atoms with Crippen molar-refractivity contribution < 1.29 is 14.3 Å². The number of carbonyl (C=O) groups excluding carboxylic acids is 1. The van der Waals surface area contributed by atoms with E-state index in [2.05, 4.69) is 5.32 Å². The molecule has 4 nitrogen and oxygen atoms in total. The van der Waals surface area contributed by atoms with Crippen LogP contribution in [0.4, 0.5) is 0 Å². The summed E-state index contributed by atoms with van der Waals surface area (Å²) in [5, 5.41) is 3.05. The van der Waals surface area contributed by atoms with Crippen molar-refractivity contribution in [3.8, 4) is 11.5 Å². The molecule has 0 saturated carbocycles. The first-order valence-corrected chi connectivity index (χ1v) is 7.82. The Bertz CT molecular complexity index is 739. The van der Waals surface area contributed by atoms with Crippen LogP contribution in [-0.2, 0) is 0 Å². The van der Waals surface area contributed by atoms with Crippen LogP contribution in [0.5, 0.6) is 11.5 Å². The van der Waals surface area contributed by atoms with Crippen LogP contribution >= 0.6 is 0 Å². The van der Waals surface area contributed by atoms with Crippen LogP contribution in [0.2, 0.25) is 0 Å². The minimum absolute atomic E-state index is 0.0615. The molecule has 120 valence electrons. The topological polar surface area (TPSA) is 47.6 Å². The number of rotatable bonds is 3. The molecule has 3 rings (SSSR count). The van der Waals surface area contributed by atoms with E-state index in [9.17, 15) is 4.79 Å². The number of benzene rings is 2. The van der Waals surface area contributed by atoms with Crippen LogP contribution in [-0.4, -0.2) is 19.1 Å². The zero-order valence-corrected chi connectivity index (χ0v) is 13.7. The molecule has 4 heteroatoms. The van der Waals surface area contributed by atoms with Gasteiger partial charge in [-0.2, -0.15) is 0 Å². The molecule has 0 aromatic heterocycles. The molecule has 1 unspecified atom stereocenters. The van der Waals surface area contributed by atoms with Gasteiger partial charge < -0.3 is 14.8 Å². The Labute approximate surface area is 136 Å². The Hall–Kier alpha value is -2.49. The molecule has 1 aliphatic heterocycles. The van der Waals surface area contributed by atoms with E-state index in [1.165, 1.54) is 0 Å². The highest BCUT2D eigenvalue weighted by atomic mass is 16.6. The normalized spacial score (nSPS) is 14.2. The molecular weight excluding hydrogens is 290 g/mol. The summed E-state index contributed by atoms with van der Waals surface area (Å²) >= 11 is 0. The van der Waals surface area contributed by atoms with E-state index >= 15 is 0 Å². The van der Waals surface area contributed by atoms with Crippen molar-refractivity contribution in [3.63, 3.8) is 0 Å². The van der Waals surface area contributed by atoms with Crippen molar-refractivity contribution in [1.29, 1.82) is 0 Å². The highest BCUT2D eigenvalue weighted by Gasteiger charge is 2.17. The second kappa shape index (κ2) is 6.32. The predicted octanol–water partition coefficient (Wildman–Crippen LogP) is 3.57. The summed E-state index contributed by atoms with van der Waals surface area (Å²) < 4.78 is 11.1. The summed E-state index contributed by atoms with van der Waals surface area (Å²) in [7, 11) is 0. The average molecular weight is 311 g/mol. The fraction of sp³-hybridized carbons (Fsp3) is 0.316. The number of aryl methyl sites for hydroxylation is 2. The van der Waals surface area contributed by atoms with Gasteiger partial charge in [-0.3, -0.25) is 4.79 Å². The van der Waals surface area contributed by atoms with Gasteiger partial charge in [0.05, 0.1) is 6.04 Å². The summed E-state index contributed by atoms with van der Waals surface area (Å²) in [6.07, 6.45) is 0. The lowest BCUT2D eigenvalue weighted by Crippen LogP contribution is -2.27. The summed E-state index contributed by atoms with van der Waals surface area (Å²) in [4.78, 5) is 12.5. The maximum absolute atomic E-state index is 12.5. The maximum atomic E-state index is 12.5. The first-order valence-electron chi connectivity index (χ1n) is 7.82. The highest BCUT2D eigenvalue weighted by Crippen LogP contribution is 2.32. The number of carbonyl (C=O) groups is 1. The van der Waals surface area contributed by atoms with Gasteiger partial charge in [0.2, 0.25) is 0 Å². The molecule has 0 fully saturated rings. The lowest BCUT2D eigenvalue weighted by molar-refractivity contribution is 0.0939. The van der Waals surface area contributed by atoms with Gasteiger partial charge in [-0.15, -0.1) is 0 Å². The van der Waals surface area contributed by atoms with Crippen LogP contribution in [0, 0.1) is 13.8 Å². The van der Waals surface area contributed by atoms with Crippen molar-refractivity contribution in [3.05, 3.63) is 58.7 Å². The van der Waals surface area contributed by atoms with Crippen molar-refractivity contribution in [2.75, 3.05) is 13.2 Å². The second-order valence-electron chi connectivity index (χ2n) is 5.92. The fourth-order valence-corrected chi connectivity index (χ4v) is 2.67.